The van der Waals surface area contributed by atoms with Crippen LogP contribution in [-0.2, 0) is 5.41 Å². The van der Waals surface area contributed by atoms with Crippen LogP contribution >= 0.6 is 0 Å². The van der Waals surface area contributed by atoms with E-state index in [0.29, 0.717) is 0 Å². The minimum absolute atomic E-state index is 0.501. The highest BCUT2D eigenvalue weighted by atomic mass is 15.1. The summed E-state index contributed by atoms with van der Waals surface area (Å²) in [6.07, 6.45) is 0. The van der Waals surface area contributed by atoms with Gasteiger partial charge in [-0.05, 0) is 131 Å². The molecule has 1 aliphatic rings. The van der Waals surface area contributed by atoms with Gasteiger partial charge in [0.15, 0.2) is 0 Å². The van der Waals surface area contributed by atoms with Crippen molar-refractivity contribution in [1.82, 2.24) is 0 Å². The van der Waals surface area contributed by atoms with Crippen molar-refractivity contribution in [2.45, 2.75) is 5.41 Å². The first-order valence-electron chi connectivity index (χ1n) is 19.4. The number of nitrogens with zero attached hydrogens (tertiary/aromatic N) is 1. The fraction of sp³-hybridized carbons (Fsp3) is 0.0182. The van der Waals surface area contributed by atoms with Gasteiger partial charge < -0.3 is 4.90 Å². The maximum Gasteiger partial charge on any atom is 0.0714 e. The molecule has 1 heteroatoms. The van der Waals surface area contributed by atoms with Gasteiger partial charge in [-0.2, -0.15) is 0 Å². The van der Waals surface area contributed by atoms with Crippen LogP contribution < -0.4 is 4.90 Å². The molecule has 0 radical (unpaired) electrons. The fourth-order valence-corrected chi connectivity index (χ4v) is 9.33. The molecule has 0 amide bonds. The van der Waals surface area contributed by atoms with Crippen LogP contribution in [0.3, 0.4) is 0 Å². The Kier molecular flexibility index (Phi) is 7.47. The van der Waals surface area contributed by atoms with Crippen LogP contribution in [0.25, 0.3) is 54.6 Å². The molecule has 0 aromatic heterocycles. The van der Waals surface area contributed by atoms with E-state index in [1.165, 1.54) is 76.8 Å². The lowest BCUT2D eigenvalue weighted by Gasteiger charge is -2.34. The van der Waals surface area contributed by atoms with E-state index in [4.69, 9.17) is 0 Å². The Morgan fingerprint density at radius 1 is 0.286 bits per heavy atom. The average Bonchev–Trinajstić information content (AvgIpc) is 3.56. The van der Waals surface area contributed by atoms with Crippen molar-refractivity contribution in [3.05, 3.63) is 247 Å². The molecule has 0 heterocycles. The van der Waals surface area contributed by atoms with Crippen LogP contribution in [0, 0.1) is 0 Å². The minimum Gasteiger partial charge on any atom is -0.310 e. The second-order valence-electron chi connectivity index (χ2n) is 14.9. The van der Waals surface area contributed by atoms with Crippen molar-refractivity contribution in [2.75, 3.05) is 4.90 Å². The van der Waals surface area contributed by atoms with Gasteiger partial charge in [-0.1, -0.05) is 170 Å². The maximum absolute atomic E-state index is 2.52. The zero-order valence-electron chi connectivity index (χ0n) is 30.8. The van der Waals surface area contributed by atoms with Crippen molar-refractivity contribution < 1.29 is 0 Å². The third-order valence-corrected chi connectivity index (χ3v) is 11.9. The van der Waals surface area contributed by atoms with Gasteiger partial charge in [0, 0.05) is 17.1 Å². The molecule has 56 heavy (non-hydrogen) atoms. The van der Waals surface area contributed by atoms with Crippen molar-refractivity contribution in [1.29, 1.82) is 0 Å². The Morgan fingerprint density at radius 2 is 0.893 bits per heavy atom. The molecule has 0 saturated heterocycles. The monoisotopic (exact) mass is 711 g/mol. The molecule has 1 aliphatic carbocycles. The molecular formula is C55H37N. The highest BCUT2D eigenvalue weighted by Crippen LogP contribution is 2.57. The molecule has 11 rings (SSSR count). The van der Waals surface area contributed by atoms with Crippen LogP contribution in [0.15, 0.2) is 224 Å². The van der Waals surface area contributed by atoms with Crippen molar-refractivity contribution >= 4 is 49.4 Å². The van der Waals surface area contributed by atoms with E-state index in [9.17, 15) is 0 Å². The number of fused-ring (bicyclic) bond motifs is 7. The Balaban J connectivity index is 1.17. The Morgan fingerprint density at radius 3 is 1.73 bits per heavy atom. The van der Waals surface area contributed by atoms with Gasteiger partial charge in [0.25, 0.3) is 0 Å². The van der Waals surface area contributed by atoms with E-state index in [1.54, 1.807) is 0 Å². The smallest absolute Gasteiger partial charge is 0.0714 e. The summed E-state index contributed by atoms with van der Waals surface area (Å²) < 4.78 is 0. The second-order valence-corrected chi connectivity index (χ2v) is 14.9. The van der Waals surface area contributed by atoms with Gasteiger partial charge in [-0.15, -0.1) is 0 Å². The predicted octanol–water partition coefficient (Wildman–Crippen LogP) is 14.6. The lowest BCUT2D eigenvalue weighted by molar-refractivity contribution is 0.771. The zero-order valence-corrected chi connectivity index (χ0v) is 30.8. The number of hydrogen-bond acceptors (Lipinski definition) is 1. The standard InChI is InChI=1S/C55H37N/c1-4-15-38(16-5-1)42-19-14-24-47(34-42)56(46-22-8-3-9-23-46)48-32-30-40-27-28-43-35-52-49-25-12-13-26-53(49)55(44-20-6-2-7-21-44,54(52)37-51(43)50(40)36-48)45-31-29-39-17-10-11-18-41(39)33-45/h1-37H. The van der Waals surface area contributed by atoms with Crippen molar-refractivity contribution in [3.63, 3.8) is 0 Å². The Labute approximate surface area is 327 Å². The summed E-state index contributed by atoms with van der Waals surface area (Å²) in [5.41, 5.74) is 13.0. The number of hydrogen-bond donors (Lipinski definition) is 0. The van der Waals surface area contributed by atoms with E-state index < -0.39 is 5.41 Å². The summed E-state index contributed by atoms with van der Waals surface area (Å²) in [4.78, 5) is 2.39. The molecule has 0 N–H and O–H groups in total. The summed E-state index contributed by atoms with van der Waals surface area (Å²) >= 11 is 0. The van der Waals surface area contributed by atoms with Crippen LogP contribution in [0.2, 0.25) is 0 Å². The first kappa shape index (κ1) is 32.2. The first-order chi connectivity index (χ1) is 27.8. The molecule has 0 fully saturated rings. The highest BCUT2D eigenvalue weighted by Gasteiger charge is 2.46. The first-order valence-corrected chi connectivity index (χ1v) is 19.4. The lowest BCUT2D eigenvalue weighted by atomic mass is 9.67. The Bertz CT molecular complexity index is 3080. The average molecular weight is 712 g/mol. The molecule has 10 aromatic carbocycles. The summed E-state index contributed by atoms with van der Waals surface area (Å²) in [5, 5.41) is 7.45. The van der Waals surface area contributed by atoms with Crippen LogP contribution in [0.5, 0.6) is 0 Å². The number of para-hydroxylation sites is 1. The predicted molar refractivity (Wildman–Crippen MR) is 236 cm³/mol. The molecule has 262 valence electrons. The largest absolute Gasteiger partial charge is 0.310 e. The maximum atomic E-state index is 2.52. The van der Waals surface area contributed by atoms with E-state index >= 15 is 0 Å². The molecule has 0 bridgehead atoms. The number of rotatable bonds is 6. The molecule has 1 nitrogen and oxygen atoms in total. The molecule has 0 spiro atoms. The molecular weight excluding hydrogens is 675 g/mol. The topological polar surface area (TPSA) is 3.24 Å². The van der Waals surface area contributed by atoms with E-state index in [0.717, 1.165) is 17.1 Å². The molecule has 1 atom stereocenters. The van der Waals surface area contributed by atoms with Gasteiger partial charge in [-0.3, -0.25) is 0 Å². The summed E-state index contributed by atoms with van der Waals surface area (Å²) in [6.45, 7) is 0. The SMILES string of the molecule is c1ccc(-c2cccc(N(c3ccccc3)c3ccc4ccc5cc6c(cc5c4c3)C(c3ccccc3)(c3ccc4ccccc4c3)c3ccccc3-6)c2)cc1. The quantitative estimate of drug-likeness (QED) is 0.155. The molecule has 0 aliphatic heterocycles. The van der Waals surface area contributed by atoms with Gasteiger partial charge in [0.1, 0.15) is 0 Å². The normalized spacial score (nSPS) is 14.5. The third kappa shape index (κ3) is 5.02. The van der Waals surface area contributed by atoms with Crippen LogP contribution in [-0.4, -0.2) is 0 Å². The van der Waals surface area contributed by atoms with E-state index in [1.807, 2.05) is 0 Å². The minimum atomic E-state index is -0.501. The molecule has 10 aromatic rings. The molecule has 0 saturated carbocycles. The summed E-state index contributed by atoms with van der Waals surface area (Å²) in [6, 6.07) is 82.7. The van der Waals surface area contributed by atoms with Gasteiger partial charge >= 0.3 is 0 Å². The Hall–Kier alpha value is -7.22. The summed E-state index contributed by atoms with van der Waals surface area (Å²) in [7, 11) is 0. The van der Waals surface area contributed by atoms with Gasteiger partial charge in [-0.25, -0.2) is 0 Å². The van der Waals surface area contributed by atoms with Crippen molar-refractivity contribution in [2.24, 2.45) is 0 Å². The van der Waals surface area contributed by atoms with Gasteiger partial charge in [0.05, 0.1) is 5.41 Å². The third-order valence-electron chi connectivity index (χ3n) is 11.9. The highest BCUT2D eigenvalue weighted by molar-refractivity contribution is 6.11. The van der Waals surface area contributed by atoms with Crippen molar-refractivity contribution in [3.8, 4) is 22.3 Å². The second kappa shape index (κ2) is 13.0. The zero-order chi connectivity index (χ0) is 37.1. The molecule has 1 unspecified atom stereocenters. The fourth-order valence-electron chi connectivity index (χ4n) is 9.33. The van der Waals surface area contributed by atoms with E-state index in [2.05, 4.69) is 229 Å². The summed E-state index contributed by atoms with van der Waals surface area (Å²) in [5.74, 6) is 0. The lowest BCUT2D eigenvalue weighted by Crippen LogP contribution is -2.28. The van der Waals surface area contributed by atoms with E-state index in [-0.39, 0.29) is 0 Å². The number of anilines is 3. The van der Waals surface area contributed by atoms with Crippen LogP contribution in [0.1, 0.15) is 22.3 Å². The van der Waals surface area contributed by atoms with Gasteiger partial charge in [0.2, 0.25) is 0 Å². The number of benzene rings is 10. The van der Waals surface area contributed by atoms with Crippen LogP contribution in [0.4, 0.5) is 17.1 Å².